The van der Waals surface area contributed by atoms with Crippen LogP contribution in [0.2, 0.25) is 0 Å². The number of rotatable bonds is 7. The van der Waals surface area contributed by atoms with Gasteiger partial charge in [0.05, 0.1) is 15.2 Å². The number of benzene rings is 1. The first-order chi connectivity index (χ1) is 12.3. The topological polar surface area (TPSA) is 45.2 Å². The Morgan fingerprint density at radius 2 is 2.00 bits per heavy atom. The molecule has 1 N–H and O–H groups in total. The van der Waals surface area contributed by atoms with Crippen LogP contribution in [-0.2, 0) is 11.2 Å². The predicted molar refractivity (Wildman–Crippen MR) is 103 cm³/mol. The zero-order valence-electron chi connectivity index (χ0n) is 14.7. The summed E-state index contributed by atoms with van der Waals surface area (Å²) in [4.78, 5) is 19.2. The van der Waals surface area contributed by atoms with Crippen molar-refractivity contribution >= 4 is 27.5 Å². The molecule has 1 amide bonds. The lowest BCUT2D eigenvalue weighted by Crippen LogP contribution is -2.45. The maximum atomic E-state index is 12.4. The molecular formula is C20H27N3OS. The highest BCUT2D eigenvalue weighted by molar-refractivity contribution is 7.18. The van der Waals surface area contributed by atoms with Gasteiger partial charge in [-0.05, 0) is 63.1 Å². The van der Waals surface area contributed by atoms with E-state index in [0.29, 0.717) is 18.4 Å². The summed E-state index contributed by atoms with van der Waals surface area (Å²) in [5.74, 6) is 1.25. The number of aromatic nitrogens is 1. The van der Waals surface area contributed by atoms with Crippen molar-refractivity contribution in [1.82, 2.24) is 15.2 Å². The van der Waals surface area contributed by atoms with Crippen molar-refractivity contribution in [3.8, 4) is 0 Å². The molecule has 1 aromatic heterocycles. The summed E-state index contributed by atoms with van der Waals surface area (Å²) >= 11 is 1.75. The molecule has 1 aliphatic heterocycles. The van der Waals surface area contributed by atoms with Gasteiger partial charge in [0.25, 0.3) is 0 Å². The number of amides is 1. The largest absolute Gasteiger partial charge is 0.343 e. The number of likely N-dealkylation sites (tertiary alicyclic amines) is 1. The molecule has 4 nitrogen and oxygen atoms in total. The third kappa shape index (κ3) is 4.59. The lowest BCUT2D eigenvalue weighted by atomic mass is 10.0. The Bertz CT molecular complexity index is 684. The van der Waals surface area contributed by atoms with Gasteiger partial charge in [-0.2, -0.15) is 0 Å². The summed E-state index contributed by atoms with van der Waals surface area (Å²) < 4.78 is 1.24. The molecule has 2 aliphatic rings. The van der Waals surface area contributed by atoms with Gasteiger partial charge in [-0.25, -0.2) is 4.98 Å². The van der Waals surface area contributed by atoms with E-state index in [9.17, 15) is 4.79 Å². The smallest absolute Gasteiger partial charge is 0.222 e. The van der Waals surface area contributed by atoms with E-state index in [1.807, 2.05) is 6.07 Å². The first kappa shape index (κ1) is 17.0. The van der Waals surface area contributed by atoms with Crippen LogP contribution in [0.4, 0.5) is 0 Å². The molecule has 0 unspecified atom stereocenters. The number of piperidine rings is 1. The van der Waals surface area contributed by atoms with Crippen LogP contribution in [0.15, 0.2) is 24.3 Å². The molecular weight excluding hydrogens is 330 g/mol. The van der Waals surface area contributed by atoms with Crippen LogP contribution in [0.25, 0.3) is 10.2 Å². The molecule has 1 aliphatic carbocycles. The molecule has 2 fully saturated rings. The molecule has 1 saturated heterocycles. The van der Waals surface area contributed by atoms with E-state index in [1.165, 1.54) is 24.1 Å². The van der Waals surface area contributed by atoms with E-state index in [0.717, 1.165) is 55.2 Å². The third-order valence-corrected chi connectivity index (χ3v) is 6.46. The van der Waals surface area contributed by atoms with Crippen LogP contribution in [-0.4, -0.2) is 41.5 Å². The van der Waals surface area contributed by atoms with Crippen molar-refractivity contribution in [2.75, 3.05) is 19.6 Å². The van der Waals surface area contributed by atoms with Crippen LogP contribution < -0.4 is 5.32 Å². The molecule has 0 bridgehead atoms. The van der Waals surface area contributed by atoms with Crippen LogP contribution in [0.1, 0.15) is 43.5 Å². The summed E-state index contributed by atoms with van der Waals surface area (Å²) in [6, 6.07) is 8.87. The first-order valence-electron chi connectivity index (χ1n) is 9.63. The Labute approximate surface area is 153 Å². The summed E-state index contributed by atoms with van der Waals surface area (Å²) in [5.41, 5.74) is 1.08. The molecule has 5 heteroatoms. The van der Waals surface area contributed by atoms with E-state index >= 15 is 0 Å². The fraction of sp³-hybridized carbons (Fsp3) is 0.600. The van der Waals surface area contributed by atoms with E-state index in [1.54, 1.807) is 11.3 Å². The SMILES string of the molecule is O=C(CCCc1nc2ccccc2s1)N1CCC(NCC2CC2)CC1. The number of para-hydroxylation sites is 1. The minimum Gasteiger partial charge on any atom is -0.343 e. The maximum absolute atomic E-state index is 12.4. The van der Waals surface area contributed by atoms with Crippen LogP contribution in [0, 0.1) is 5.92 Å². The highest BCUT2D eigenvalue weighted by atomic mass is 32.1. The fourth-order valence-corrected chi connectivity index (χ4v) is 4.57. The number of hydrogen-bond donors (Lipinski definition) is 1. The number of thiazole rings is 1. The Morgan fingerprint density at radius 3 is 2.76 bits per heavy atom. The molecule has 134 valence electrons. The Balaban J connectivity index is 1.17. The Hall–Kier alpha value is -1.46. The van der Waals surface area contributed by atoms with Crippen LogP contribution in [0.5, 0.6) is 0 Å². The van der Waals surface area contributed by atoms with Crippen molar-refractivity contribution in [3.05, 3.63) is 29.3 Å². The van der Waals surface area contributed by atoms with Gasteiger partial charge < -0.3 is 10.2 Å². The fourth-order valence-electron chi connectivity index (χ4n) is 3.56. The van der Waals surface area contributed by atoms with E-state index in [2.05, 4.69) is 33.4 Å². The summed E-state index contributed by atoms with van der Waals surface area (Å²) in [5, 5.41) is 4.83. The molecule has 1 aromatic carbocycles. The van der Waals surface area contributed by atoms with E-state index < -0.39 is 0 Å². The molecule has 1 saturated carbocycles. The quantitative estimate of drug-likeness (QED) is 0.823. The van der Waals surface area contributed by atoms with Gasteiger partial charge in [-0.15, -0.1) is 11.3 Å². The second kappa shape index (κ2) is 7.83. The van der Waals surface area contributed by atoms with Gasteiger partial charge in [-0.3, -0.25) is 4.79 Å². The Morgan fingerprint density at radius 1 is 1.20 bits per heavy atom. The minimum atomic E-state index is 0.321. The molecule has 25 heavy (non-hydrogen) atoms. The number of nitrogens with zero attached hydrogens (tertiary/aromatic N) is 2. The third-order valence-electron chi connectivity index (χ3n) is 5.36. The lowest BCUT2D eigenvalue weighted by Gasteiger charge is -2.32. The van der Waals surface area contributed by atoms with Crippen molar-refractivity contribution in [3.63, 3.8) is 0 Å². The first-order valence-corrected chi connectivity index (χ1v) is 10.5. The molecule has 0 spiro atoms. The predicted octanol–water partition coefficient (Wildman–Crippen LogP) is 3.61. The van der Waals surface area contributed by atoms with Crippen LogP contribution in [0.3, 0.4) is 0 Å². The van der Waals surface area contributed by atoms with Crippen molar-refractivity contribution in [1.29, 1.82) is 0 Å². The standard InChI is InChI=1S/C20H27N3OS/c24-20(23-12-10-16(11-13-23)21-14-15-8-9-15)7-3-6-19-22-17-4-1-2-5-18(17)25-19/h1-2,4-5,15-16,21H,3,6-14H2. The summed E-state index contributed by atoms with van der Waals surface area (Å²) in [7, 11) is 0. The Kier molecular flexibility index (Phi) is 5.32. The summed E-state index contributed by atoms with van der Waals surface area (Å²) in [6.07, 6.45) is 7.48. The van der Waals surface area contributed by atoms with Gasteiger partial charge in [0, 0.05) is 25.6 Å². The van der Waals surface area contributed by atoms with Gasteiger partial charge in [0.1, 0.15) is 0 Å². The van der Waals surface area contributed by atoms with Crippen molar-refractivity contribution in [2.24, 2.45) is 5.92 Å². The average Bonchev–Trinajstić information content (AvgIpc) is 3.38. The van der Waals surface area contributed by atoms with Gasteiger partial charge in [0.2, 0.25) is 5.91 Å². The van der Waals surface area contributed by atoms with Gasteiger partial charge in [-0.1, -0.05) is 12.1 Å². The highest BCUT2D eigenvalue weighted by Crippen LogP contribution is 2.28. The van der Waals surface area contributed by atoms with E-state index in [-0.39, 0.29) is 0 Å². The highest BCUT2D eigenvalue weighted by Gasteiger charge is 2.25. The van der Waals surface area contributed by atoms with Gasteiger partial charge >= 0.3 is 0 Å². The normalized spacial score (nSPS) is 18.8. The van der Waals surface area contributed by atoms with Crippen LogP contribution >= 0.6 is 11.3 Å². The number of hydrogen-bond acceptors (Lipinski definition) is 4. The monoisotopic (exact) mass is 357 g/mol. The number of carbonyl (C=O) groups excluding carboxylic acids is 1. The van der Waals surface area contributed by atoms with Crippen molar-refractivity contribution < 1.29 is 4.79 Å². The summed E-state index contributed by atoms with van der Waals surface area (Å²) in [6.45, 7) is 3.02. The molecule has 2 heterocycles. The molecule has 4 rings (SSSR count). The molecule has 2 aromatic rings. The maximum Gasteiger partial charge on any atom is 0.222 e. The molecule has 0 radical (unpaired) electrons. The number of carbonyl (C=O) groups is 1. The number of aryl methyl sites for hydroxylation is 1. The number of fused-ring (bicyclic) bond motifs is 1. The average molecular weight is 358 g/mol. The molecule has 0 atom stereocenters. The second-order valence-corrected chi connectivity index (χ2v) is 8.55. The minimum absolute atomic E-state index is 0.321. The van der Waals surface area contributed by atoms with Crippen molar-refractivity contribution in [2.45, 2.75) is 51.0 Å². The number of nitrogens with one attached hydrogen (secondary N) is 1. The lowest BCUT2D eigenvalue weighted by molar-refractivity contribution is -0.132. The van der Waals surface area contributed by atoms with Gasteiger partial charge in [0.15, 0.2) is 0 Å². The zero-order valence-corrected chi connectivity index (χ0v) is 15.6. The zero-order chi connectivity index (χ0) is 17.1. The van der Waals surface area contributed by atoms with E-state index in [4.69, 9.17) is 0 Å². The second-order valence-electron chi connectivity index (χ2n) is 7.44.